The van der Waals surface area contributed by atoms with E-state index in [4.69, 9.17) is 0 Å². The van der Waals surface area contributed by atoms with E-state index >= 15 is 0 Å². The Hall–Kier alpha value is -0.990. The van der Waals surface area contributed by atoms with Gasteiger partial charge in [0.1, 0.15) is 0 Å². The molecule has 0 aliphatic carbocycles. The number of halogens is 1. The van der Waals surface area contributed by atoms with Crippen LogP contribution in [0.5, 0.6) is 0 Å². The van der Waals surface area contributed by atoms with E-state index in [1.165, 1.54) is 10.4 Å². The number of hydrogen-bond acceptors (Lipinski definition) is 4. The van der Waals surface area contributed by atoms with Gasteiger partial charge in [-0.2, -0.15) is 4.31 Å². The molecule has 1 heterocycles. The predicted molar refractivity (Wildman–Crippen MR) is 69.6 cm³/mol. The minimum Gasteiger partial charge on any atom is -0.258 e. The summed E-state index contributed by atoms with van der Waals surface area (Å²) in [5, 5.41) is 10.8. The van der Waals surface area contributed by atoms with Crippen LogP contribution in [0.15, 0.2) is 22.7 Å². The molecule has 6 nitrogen and oxygen atoms in total. The Morgan fingerprint density at radius 3 is 2.72 bits per heavy atom. The Morgan fingerprint density at radius 1 is 1.44 bits per heavy atom. The van der Waals surface area contributed by atoms with Gasteiger partial charge in [0.2, 0.25) is 10.0 Å². The first kappa shape index (κ1) is 13.4. The van der Waals surface area contributed by atoms with E-state index in [-0.39, 0.29) is 18.0 Å². The molecule has 1 aliphatic heterocycles. The third-order valence-corrected chi connectivity index (χ3v) is 5.62. The van der Waals surface area contributed by atoms with Gasteiger partial charge < -0.3 is 0 Å². The third kappa shape index (κ3) is 2.55. The molecule has 0 radical (unpaired) electrons. The van der Waals surface area contributed by atoms with Crippen molar-refractivity contribution in [3.63, 3.8) is 0 Å². The smallest absolute Gasteiger partial charge is 0.258 e. The minimum atomic E-state index is -3.19. The van der Waals surface area contributed by atoms with Crippen molar-refractivity contribution in [3.05, 3.63) is 38.3 Å². The van der Waals surface area contributed by atoms with Crippen LogP contribution in [0.2, 0.25) is 0 Å². The quantitative estimate of drug-likeness (QED) is 0.624. The van der Waals surface area contributed by atoms with Crippen LogP contribution in [-0.4, -0.2) is 29.9 Å². The Balaban J connectivity index is 2.30. The lowest BCUT2D eigenvalue weighted by Crippen LogP contribution is -2.25. The van der Waals surface area contributed by atoms with E-state index in [1.54, 1.807) is 12.1 Å². The summed E-state index contributed by atoms with van der Waals surface area (Å²) in [5.74, 6) is 0.152. The highest BCUT2D eigenvalue weighted by Crippen LogP contribution is 2.30. The Labute approximate surface area is 113 Å². The van der Waals surface area contributed by atoms with Crippen LogP contribution in [-0.2, 0) is 16.6 Å². The maximum Gasteiger partial charge on any atom is 0.283 e. The lowest BCUT2D eigenvalue weighted by atomic mass is 10.2. The summed E-state index contributed by atoms with van der Waals surface area (Å²) >= 11 is 3.16. The van der Waals surface area contributed by atoms with E-state index in [0.29, 0.717) is 23.0 Å². The molecular formula is C10H11BrN2O4S. The van der Waals surface area contributed by atoms with Gasteiger partial charge in [-0.25, -0.2) is 8.42 Å². The molecular weight excluding hydrogens is 324 g/mol. The monoisotopic (exact) mass is 334 g/mol. The largest absolute Gasteiger partial charge is 0.283 e. The van der Waals surface area contributed by atoms with Crippen molar-refractivity contribution in [1.82, 2.24) is 4.31 Å². The van der Waals surface area contributed by atoms with Gasteiger partial charge in [0.15, 0.2) is 0 Å². The Bertz CT molecular complexity index is 588. The standard InChI is InChI=1S/C10H11BrN2O4S/c11-10-8(3-1-4-9(10)13(14)15)7-12-5-2-6-18(12,16)17/h1,3-4H,2,5-7H2. The van der Waals surface area contributed by atoms with Gasteiger partial charge in [0.25, 0.3) is 5.69 Å². The first-order chi connectivity index (χ1) is 8.42. The first-order valence-corrected chi connectivity index (χ1v) is 7.71. The number of sulfonamides is 1. The van der Waals surface area contributed by atoms with Crippen LogP contribution < -0.4 is 0 Å². The summed E-state index contributed by atoms with van der Waals surface area (Å²) in [7, 11) is -3.19. The van der Waals surface area contributed by atoms with Crippen molar-refractivity contribution < 1.29 is 13.3 Å². The summed E-state index contributed by atoms with van der Waals surface area (Å²) in [6, 6.07) is 4.62. The molecule has 0 bridgehead atoms. The van der Waals surface area contributed by atoms with Gasteiger partial charge >= 0.3 is 0 Å². The number of benzene rings is 1. The molecule has 2 rings (SSSR count). The highest BCUT2D eigenvalue weighted by Gasteiger charge is 2.29. The average Bonchev–Trinajstić information content (AvgIpc) is 2.61. The maximum atomic E-state index is 11.7. The fraction of sp³-hybridized carbons (Fsp3) is 0.400. The van der Waals surface area contributed by atoms with Crippen molar-refractivity contribution in [1.29, 1.82) is 0 Å². The second-order valence-corrected chi connectivity index (χ2v) is 6.89. The van der Waals surface area contributed by atoms with Crippen LogP contribution in [0, 0.1) is 10.1 Å². The van der Waals surface area contributed by atoms with Crippen molar-refractivity contribution in [2.45, 2.75) is 13.0 Å². The summed E-state index contributed by atoms with van der Waals surface area (Å²) in [5.41, 5.74) is 0.554. The zero-order valence-electron chi connectivity index (χ0n) is 9.37. The van der Waals surface area contributed by atoms with Gasteiger partial charge in [-0.1, -0.05) is 12.1 Å². The zero-order valence-corrected chi connectivity index (χ0v) is 11.8. The number of hydrogen-bond donors (Lipinski definition) is 0. The molecule has 1 saturated heterocycles. The molecule has 8 heteroatoms. The molecule has 18 heavy (non-hydrogen) atoms. The molecule has 0 amide bonds. The second-order valence-electron chi connectivity index (χ2n) is 4.01. The molecule has 1 aliphatic rings. The second kappa shape index (κ2) is 4.94. The van der Waals surface area contributed by atoms with E-state index in [2.05, 4.69) is 15.9 Å². The highest BCUT2D eigenvalue weighted by atomic mass is 79.9. The molecule has 1 aromatic rings. The lowest BCUT2D eigenvalue weighted by molar-refractivity contribution is -0.385. The van der Waals surface area contributed by atoms with E-state index in [9.17, 15) is 18.5 Å². The topological polar surface area (TPSA) is 80.5 Å². The molecule has 0 atom stereocenters. The van der Waals surface area contributed by atoms with Gasteiger partial charge in [0.05, 0.1) is 15.1 Å². The SMILES string of the molecule is O=[N+]([O-])c1cccc(CN2CCCS2(=O)=O)c1Br. The number of nitrogens with zero attached hydrogens (tertiary/aromatic N) is 2. The molecule has 1 fully saturated rings. The van der Waals surface area contributed by atoms with Gasteiger partial charge in [0, 0.05) is 19.2 Å². The fourth-order valence-corrected chi connectivity index (χ4v) is 3.92. The molecule has 1 aromatic carbocycles. The normalized spacial score (nSPS) is 18.9. The van der Waals surface area contributed by atoms with E-state index in [1.807, 2.05) is 0 Å². The van der Waals surface area contributed by atoms with Gasteiger partial charge in [-0.3, -0.25) is 10.1 Å². The van der Waals surface area contributed by atoms with E-state index in [0.717, 1.165) is 0 Å². The third-order valence-electron chi connectivity index (χ3n) is 2.80. The van der Waals surface area contributed by atoms with Gasteiger partial charge in [-0.05, 0) is 27.9 Å². The van der Waals surface area contributed by atoms with Crippen molar-refractivity contribution in [3.8, 4) is 0 Å². The average molecular weight is 335 g/mol. The van der Waals surface area contributed by atoms with Crippen LogP contribution in [0.3, 0.4) is 0 Å². The predicted octanol–water partition coefficient (Wildman–Crippen LogP) is 1.89. The zero-order chi connectivity index (χ0) is 13.3. The fourth-order valence-electron chi connectivity index (χ4n) is 1.89. The summed E-state index contributed by atoms with van der Waals surface area (Å²) in [4.78, 5) is 10.3. The highest BCUT2D eigenvalue weighted by molar-refractivity contribution is 9.10. The van der Waals surface area contributed by atoms with Crippen LogP contribution >= 0.6 is 15.9 Å². The first-order valence-electron chi connectivity index (χ1n) is 5.31. The Kier molecular flexibility index (Phi) is 3.69. The van der Waals surface area contributed by atoms with Gasteiger partial charge in [-0.15, -0.1) is 0 Å². The summed E-state index contributed by atoms with van der Waals surface area (Å²) in [6.07, 6.45) is 0.606. The van der Waals surface area contributed by atoms with Crippen LogP contribution in [0.25, 0.3) is 0 Å². The molecule has 0 saturated carbocycles. The van der Waals surface area contributed by atoms with Crippen molar-refractivity contribution in [2.24, 2.45) is 0 Å². The van der Waals surface area contributed by atoms with E-state index < -0.39 is 14.9 Å². The van der Waals surface area contributed by atoms with Crippen molar-refractivity contribution >= 4 is 31.6 Å². The molecule has 0 N–H and O–H groups in total. The molecule has 0 unspecified atom stereocenters. The lowest BCUT2D eigenvalue weighted by Gasteiger charge is -2.15. The molecule has 0 aromatic heterocycles. The Morgan fingerprint density at radius 2 is 2.17 bits per heavy atom. The minimum absolute atomic E-state index is 0.0518. The summed E-state index contributed by atoms with van der Waals surface area (Å²) in [6.45, 7) is 0.641. The van der Waals surface area contributed by atoms with Crippen LogP contribution in [0.4, 0.5) is 5.69 Å². The number of rotatable bonds is 3. The van der Waals surface area contributed by atoms with Crippen molar-refractivity contribution in [2.75, 3.05) is 12.3 Å². The molecule has 98 valence electrons. The van der Waals surface area contributed by atoms with Crippen LogP contribution in [0.1, 0.15) is 12.0 Å². The molecule has 0 spiro atoms. The maximum absolute atomic E-state index is 11.7. The number of nitro benzene ring substituents is 1. The summed E-state index contributed by atoms with van der Waals surface area (Å²) < 4.78 is 25.0. The number of nitro groups is 1.